The number of anilines is 2. The van der Waals surface area contributed by atoms with E-state index in [0.29, 0.717) is 29.9 Å². The van der Waals surface area contributed by atoms with Crippen LogP contribution in [-0.4, -0.2) is 40.9 Å². The summed E-state index contributed by atoms with van der Waals surface area (Å²) < 4.78 is 5.52. The number of aromatic nitrogens is 2. The van der Waals surface area contributed by atoms with E-state index in [-0.39, 0.29) is 12.6 Å². The molecule has 1 aromatic rings. The zero-order chi connectivity index (χ0) is 13.8. The van der Waals surface area contributed by atoms with Crippen molar-refractivity contribution in [3.63, 3.8) is 0 Å². The summed E-state index contributed by atoms with van der Waals surface area (Å²) in [4.78, 5) is 10.4. The van der Waals surface area contributed by atoms with Crippen molar-refractivity contribution in [1.82, 2.24) is 9.97 Å². The molecule has 2 heterocycles. The predicted molar refractivity (Wildman–Crippen MR) is 74.2 cm³/mol. The summed E-state index contributed by atoms with van der Waals surface area (Å²) in [7, 11) is 0. The first-order chi connectivity index (χ1) is 9.19. The lowest BCUT2D eigenvalue weighted by Crippen LogP contribution is -2.36. The van der Waals surface area contributed by atoms with Gasteiger partial charge >= 0.3 is 0 Å². The van der Waals surface area contributed by atoms with Crippen molar-refractivity contribution in [2.75, 3.05) is 30.4 Å². The Kier molecular flexibility index (Phi) is 4.42. The van der Waals surface area contributed by atoms with Gasteiger partial charge in [0.1, 0.15) is 12.0 Å². The molecule has 0 saturated carbocycles. The third-order valence-corrected chi connectivity index (χ3v) is 3.61. The Hall–Kier alpha value is -1.56. The Labute approximate surface area is 113 Å². The summed E-state index contributed by atoms with van der Waals surface area (Å²) in [5, 5.41) is 9.51. The topological polar surface area (TPSA) is 84.5 Å². The fourth-order valence-electron chi connectivity index (χ4n) is 2.46. The molecular weight excluding hydrogens is 244 g/mol. The van der Waals surface area contributed by atoms with Crippen molar-refractivity contribution in [3.05, 3.63) is 6.33 Å². The molecule has 0 radical (unpaired) electrons. The van der Waals surface area contributed by atoms with Crippen molar-refractivity contribution >= 4 is 11.5 Å². The van der Waals surface area contributed by atoms with Gasteiger partial charge in [0.05, 0.1) is 19.3 Å². The standard InChI is InChI=1S/C13H22N4O2/c1-3-6-19-13-11(14)12(15-8-16-13)17-5-4-9(2)10(17)7-18/h8-10,18H,3-7,14H2,1-2H3. The smallest absolute Gasteiger partial charge is 0.242 e. The maximum atomic E-state index is 9.51. The lowest BCUT2D eigenvalue weighted by atomic mass is 10.0. The Morgan fingerprint density at radius 3 is 3.00 bits per heavy atom. The Bertz CT molecular complexity index is 427. The normalized spacial score (nSPS) is 22.8. The quantitative estimate of drug-likeness (QED) is 0.829. The van der Waals surface area contributed by atoms with E-state index in [2.05, 4.69) is 21.8 Å². The van der Waals surface area contributed by atoms with Crippen LogP contribution in [0.15, 0.2) is 6.33 Å². The first-order valence-corrected chi connectivity index (χ1v) is 6.79. The minimum Gasteiger partial charge on any atom is -0.476 e. The van der Waals surface area contributed by atoms with Gasteiger partial charge in [-0.15, -0.1) is 0 Å². The van der Waals surface area contributed by atoms with Gasteiger partial charge in [-0.05, 0) is 18.8 Å². The summed E-state index contributed by atoms with van der Waals surface area (Å²) in [5.74, 6) is 1.53. The van der Waals surface area contributed by atoms with Gasteiger partial charge < -0.3 is 20.5 Å². The average molecular weight is 266 g/mol. The highest BCUT2D eigenvalue weighted by Gasteiger charge is 2.33. The highest BCUT2D eigenvalue weighted by molar-refractivity contribution is 5.68. The third kappa shape index (κ3) is 2.73. The van der Waals surface area contributed by atoms with E-state index in [4.69, 9.17) is 10.5 Å². The van der Waals surface area contributed by atoms with Gasteiger partial charge in [-0.3, -0.25) is 0 Å². The van der Waals surface area contributed by atoms with E-state index in [1.165, 1.54) is 6.33 Å². The molecule has 1 aliphatic heterocycles. The van der Waals surface area contributed by atoms with Crippen LogP contribution in [0, 0.1) is 5.92 Å². The number of aliphatic hydroxyl groups excluding tert-OH is 1. The summed E-state index contributed by atoms with van der Waals surface area (Å²) in [5.41, 5.74) is 6.55. The van der Waals surface area contributed by atoms with Gasteiger partial charge in [0, 0.05) is 6.54 Å². The number of nitrogens with two attached hydrogens (primary N) is 1. The third-order valence-electron chi connectivity index (χ3n) is 3.61. The molecule has 2 rings (SSSR count). The second kappa shape index (κ2) is 6.06. The van der Waals surface area contributed by atoms with Crippen molar-refractivity contribution in [2.24, 2.45) is 5.92 Å². The largest absolute Gasteiger partial charge is 0.476 e. The highest BCUT2D eigenvalue weighted by Crippen LogP contribution is 2.34. The summed E-state index contributed by atoms with van der Waals surface area (Å²) in [6.07, 6.45) is 3.40. The number of hydrogen-bond donors (Lipinski definition) is 2. The monoisotopic (exact) mass is 266 g/mol. The molecular formula is C13H22N4O2. The van der Waals surface area contributed by atoms with Crippen molar-refractivity contribution < 1.29 is 9.84 Å². The zero-order valence-corrected chi connectivity index (χ0v) is 11.5. The molecule has 1 fully saturated rings. The average Bonchev–Trinajstić information content (AvgIpc) is 2.78. The second-order valence-corrected chi connectivity index (χ2v) is 4.97. The van der Waals surface area contributed by atoms with Crippen LogP contribution in [0.2, 0.25) is 0 Å². The lowest BCUT2D eigenvalue weighted by Gasteiger charge is -2.27. The minimum atomic E-state index is 0.0659. The predicted octanol–water partition coefficient (Wildman–Crippen LogP) is 1.05. The Morgan fingerprint density at radius 2 is 2.32 bits per heavy atom. The van der Waals surface area contributed by atoms with Crippen LogP contribution in [0.25, 0.3) is 0 Å². The van der Waals surface area contributed by atoms with Crippen LogP contribution in [-0.2, 0) is 0 Å². The van der Waals surface area contributed by atoms with Crippen LogP contribution in [0.3, 0.4) is 0 Å². The molecule has 0 amide bonds. The lowest BCUT2D eigenvalue weighted by molar-refractivity contribution is 0.244. The summed E-state index contributed by atoms with van der Waals surface area (Å²) in [6, 6.07) is 0.0659. The van der Waals surface area contributed by atoms with Gasteiger partial charge in [-0.25, -0.2) is 4.98 Å². The van der Waals surface area contributed by atoms with Crippen LogP contribution in [0.1, 0.15) is 26.7 Å². The number of hydrogen-bond acceptors (Lipinski definition) is 6. The van der Waals surface area contributed by atoms with Crippen molar-refractivity contribution in [1.29, 1.82) is 0 Å². The van der Waals surface area contributed by atoms with E-state index in [1.54, 1.807) is 0 Å². The molecule has 0 aromatic carbocycles. The van der Waals surface area contributed by atoms with Crippen LogP contribution in [0.4, 0.5) is 11.5 Å². The molecule has 6 heteroatoms. The van der Waals surface area contributed by atoms with Crippen molar-refractivity contribution in [3.8, 4) is 5.88 Å². The first-order valence-electron chi connectivity index (χ1n) is 6.79. The number of ether oxygens (including phenoxy) is 1. The molecule has 1 aromatic heterocycles. The molecule has 6 nitrogen and oxygen atoms in total. The molecule has 1 aliphatic rings. The molecule has 0 spiro atoms. The summed E-state index contributed by atoms with van der Waals surface area (Å²) >= 11 is 0. The Balaban J connectivity index is 2.24. The number of rotatable bonds is 5. The van der Waals surface area contributed by atoms with E-state index in [1.807, 2.05) is 6.92 Å². The fourth-order valence-corrected chi connectivity index (χ4v) is 2.46. The van der Waals surface area contributed by atoms with Crippen LogP contribution >= 0.6 is 0 Å². The van der Waals surface area contributed by atoms with Gasteiger partial charge in [-0.2, -0.15) is 4.98 Å². The fraction of sp³-hybridized carbons (Fsp3) is 0.692. The molecule has 2 atom stereocenters. The van der Waals surface area contributed by atoms with E-state index >= 15 is 0 Å². The minimum absolute atomic E-state index is 0.0659. The maximum Gasteiger partial charge on any atom is 0.242 e. The van der Waals surface area contributed by atoms with Crippen LogP contribution < -0.4 is 15.4 Å². The highest BCUT2D eigenvalue weighted by atomic mass is 16.5. The van der Waals surface area contributed by atoms with Gasteiger partial charge in [-0.1, -0.05) is 13.8 Å². The van der Waals surface area contributed by atoms with Gasteiger partial charge in [0.25, 0.3) is 0 Å². The van der Waals surface area contributed by atoms with Crippen molar-refractivity contribution in [2.45, 2.75) is 32.7 Å². The molecule has 0 aliphatic carbocycles. The van der Waals surface area contributed by atoms with E-state index < -0.39 is 0 Å². The number of aliphatic hydroxyl groups is 1. The number of nitrogen functional groups attached to an aromatic ring is 1. The molecule has 19 heavy (non-hydrogen) atoms. The van der Waals surface area contributed by atoms with Crippen LogP contribution in [0.5, 0.6) is 5.88 Å². The first kappa shape index (κ1) is 13.9. The molecule has 2 unspecified atom stereocenters. The zero-order valence-electron chi connectivity index (χ0n) is 11.5. The molecule has 106 valence electrons. The van der Waals surface area contributed by atoms with E-state index in [9.17, 15) is 5.11 Å². The molecule has 1 saturated heterocycles. The maximum absolute atomic E-state index is 9.51. The molecule has 0 bridgehead atoms. The SMILES string of the molecule is CCCOc1ncnc(N2CCC(C)C2CO)c1N. The Morgan fingerprint density at radius 1 is 1.53 bits per heavy atom. The van der Waals surface area contributed by atoms with E-state index in [0.717, 1.165) is 19.4 Å². The molecule has 3 N–H and O–H groups in total. The summed E-state index contributed by atoms with van der Waals surface area (Å²) in [6.45, 7) is 5.70. The van der Waals surface area contributed by atoms with Gasteiger partial charge in [0.15, 0.2) is 5.82 Å². The number of nitrogens with zero attached hydrogens (tertiary/aromatic N) is 3. The van der Waals surface area contributed by atoms with Gasteiger partial charge in [0.2, 0.25) is 5.88 Å². The second-order valence-electron chi connectivity index (χ2n) is 4.97.